The highest BCUT2D eigenvalue weighted by Gasteiger charge is 2.39. The number of nitrogens with zero attached hydrogens (tertiary/aromatic N) is 3. The van der Waals surface area contributed by atoms with Crippen LogP contribution in [0, 0.1) is 0 Å². The van der Waals surface area contributed by atoms with Crippen molar-refractivity contribution < 1.29 is 0 Å². The summed E-state index contributed by atoms with van der Waals surface area (Å²) in [6.07, 6.45) is 5.27. The van der Waals surface area contributed by atoms with Crippen LogP contribution in [0.4, 0.5) is 5.82 Å². The lowest BCUT2D eigenvalue weighted by Gasteiger charge is -2.33. The van der Waals surface area contributed by atoms with E-state index in [0.29, 0.717) is 18.0 Å². The van der Waals surface area contributed by atoms with Gasteiger partial charge in [-0.2, -0.15) is 0 Å². The molecule has 2 fully saturated rings. The largest absolute Gasteiger partial charge is 0.356 e. The maximum atomic E-state index is 4.67. The lowest BCUT2D eigenvalue weighted by Crippen LogP contribution is -2.49. The van der Waals surface area contributed by atoms with E-state index in [4.69, 9.17) is 0 Å². The number of anilines is 1. The molecule has 5 nitrogen and oxygen atoms in total. The smallest absolute Gasteiger partial charge is 0.191 e. The van der Waals surface area contributed by atoms with Gasteiger partial charge in [-0.1, -0.05) is 36.4 Å². The highest BCUT2D eigenvalue weighted by Crippen LogP contribution is 2.40. The van der Waals surface area contributed by atoms with E-state index in [9.17, 15) is 0 Å². The second kappa shape index (κ2) is 10.1. The van der Waals surface area contributed by atoms with Gasteiger partial charge >= 0.3 is 0 Å². The van der Waals surface area contributed by atoms with Crippen molar-refractivity contribution in [2.45, 2.75) is 44.2 Å². The summed E-state index contributed by atoms with van der Waals surface area (Å²) < 4.78 is 0. The fourth-order valence-electron chi connectivity index (χ4n) is 3.88. The van der Waals surface area contributed by atoms with Crippen molar-refractivity contribution in [1.29, 1.82) is 0 Å². The van der Waals surface area contributed by atoms with Gasteiger partial charge < -0.3 is 15.5 Å². The van der Waals surface area contributed by atoms with Crippen molar-refractivity contribution in [3.63, 3.8) is 0 Å². The van der Waals surface area contributed by atoms with Crippen LogP contribution in [0.3, 0.4) is 0 Å². The summed E-state index contributed by atoms with van der Waals surface area (Å²) in [4.78, 5) is 11.5. The normalized spacial score (nSPS) is 22.3. The number of halogens is 1. The van der Waals surface area contributed by atoms with Crippen LogP contribution in [0.25, 0.3) is 0 Å². The molecule has 2 unspecified atom stereocenters. The maximum Gasteiger partial charge on any atom is 0.191 e. The Hall–Kier alpha value is -1.83. The minimum atomic E-state index is 0. The van der Waals surface area contributed by atoms with Gasteiger partial charge in [-0.25, -0.2) is 4.98 Å². The van der Waals surface area contributed by atoms with Gasteiger partial charge in [0, 0.05) is 43.8 Å². The van der Waals surface area contributed by atoms with Crippen LogP contribution in [0.15, 0.2) is 59.7 Å². The topological polar surface area (TPSA) is 52.6 Å². The SMILES string of the molecule is CCN=C(NC1CCN(c2ccccn2)CC1)NC1CC1c1ccccc1.I. The molecule has 2 aliphatic rings. The van der Waals surface area contributed by atoms with E-state index in [0.717, 1.165) is 44.3 Å². The van der Waals surface area contributed by atoms with Crippen LogP contribution in [0.1, 0.15) is 37.7 Å². The maximum absolute atomic E-state index is 4.67. The summed E-state index contributed by atoms with van der Waals surface area (Å²) in [5.74, 6) is 2.67. The van der Waals surface area contributed by atoms with Crippen molar-refractivity contribution in [3.8, 4) is 0 Å². The third kappa shape index (κ3) is 5.37. The molecule has 4 rings (SSSR count). The second-order valence-corrected chi connectivity index (χ2v) is 7.42. The molecule has 1 aromatic heterocycles. The van der Waals surface area contributed by atoms with E-state index >= 15 is 0 Å². The van der Waals surface area contributed by atoms with E-state index in [2.05, 4.69) is 74.9 Å². The summed E-state index contributed by atoms with van der Waals surface area (Å²) in [6.45, 7) is 4.95. The molecule has 6 heteroatoms. The number of hydrogen-bond donors (Lipinski definition) is 2. The number of aromatic nitrogens is 1. The van der Waals surface area contributed by atoms with Crippen LogP contribution in [-0.4, -0.2) is 42.7 Å². The van der Waals surface area contributed by atoms with E-state index < -0.39 is 0 Å². The molecule has 1 aliphatic carbocycles. The van der Waals surface area contributed by atoms with Gasteiger partial charge in [0.1, 0.15) is 5.82 Å². The Kier molecular flexibility index (Phi) is 7.53. The quantitative estimate of drug-likeness (QED) is 0.380. The van der Waals surface area contributed by atoms with Gasteiger partial charge in [0.25, 0.3) is 0 Å². The molecule has 0 bridgehead atoms. The first-order valence-corrected chi connectivity index (χ1v) is 10.1. The van der Waals surface area contributed by atoms with Crippen molar-refractivity contribution in [3.05, 3.63) is 60.3 Å². The third-order valence-corrected chi connectivity index (χ3v) is 5.47. The van der Waals surface area contributed by atoms with Crippen molar-refractivity contribution >= 4 is 35.8 Å². The van der Waals surface area contributed by atoms with Gasteiger partial charge in [0.2, 0.25) is 0 Å². The lowest BCUT2D eigenvalue weighted by atomic mass is 10.1. The zero-order valence-electron chi connectivity index (χ0n) is 16.4. The second-order valence-electron chi connectivity index (χ2n) is 7.42. The van der Waals surface area contributed by atoms with Crippen molar-refractivity contribution in [2.75, 3.05) is 24.5 Å². The molecule has 150 valence electrons. The predicted octanol–water partition coefficient (Wildman–Crippen LogP) is 3.78. The Labute approximate surface area is 185 Å². The Morgan fingerprint density at radius 3 is 2.50 bits per heavy atom. The van der Waals surface area contributed by atoms with Gasteiger partial charge in [0.05, 0.1) is 0 Å². The van der Waals surface area contributed by atoms with Crippen LogP contribution in [0.5, 0.6) is 0 Å². The Balaban J connectivity index is 0.00000225. The van der Waals surface area contributed by atoms with E-state index in [1.165, 1.54) is 12.0 Å². The molecule has 2 heterocycles. The summed E-state index contributed by atoms with van der Waals surface area (Å²) in [6, 6.07) is 17.9. The number of pyridine rings is 1. The molecule has 0 radical (unpaired) electrons. The number of aliphatic imine (C=N–C) groups is 1. The fraction of sp³-hybridized carbons (Fsp3) is 0.455. The first-order chi connectivity index (χ1) is 13.3. The van der Waals surface area contributed by atoms with Gasteiger partial charge in [0.15, 0.2) is 5.96 Å². The van der Waals surface area contributed by atoms with Crippen LogP contribution in [-0.2, 0) is 0 Å². The zero-order valence-corrected chi connectivity index (χ0v) is 18.8. The highest BCUT2D eigenvalue weighted by atomic mass is 127. The molecular weight excluding hydrogens is 461 g/mol. The van der Waals surface area contributed by atoms with Gasteiger partial charge in [-0.15, -0.1) is 24.0 Å². The molecule has 0 spiro atoms. The average Bonchev–Trinajstić information content (AvgIpc) is 3.49. The highest BCUT2D eigenvalue weighted by molar-refractivity contribution is 14.0. The number of hydrogen-bond acceptors (Lipinski definition) is 3. The monoisotopic (exact) mass is 491 g/mol. The first kappa shape index (κ1) is 20.9. The van der Waals surface area contributed by atoms with Gasteiger partial charge in [-0.3, -0.25) is 4.99 Å². The standard InChI is InChI=1S/C22H29N5.HI/c1-2-23-22(26-20-16-19(20)17-8-4-3-5-9-17)25-18-11-14-27(15-12-18)21-10-6-7-13-24-21;/h3-10,13,18-20H,2,11-12,14-16H2,1H3,(H2,23,25,26);1H. The molecular formula is C22H30IN5. The molecule has 0 amide bonds. The van der Waals surface area contributed by atoms with Crippen LogP contribution < -0.4 is 15.5 Å². The summed E-state index contributed by atoms with van der Waals surface area (Å²) in [5.41, 5.74) is 1.43. The number of guanidine groups is 1. The minimum Gasteiger partial charge on any atom is -0.356 e. The number of piperidine rings is 1. The molecule has 2 aromatic rings. The van der Waals surface area contributed by atoms with Crippen LogP contribution >= 0.6 is 24.0 Å². The predicted molar refractivity (Wildman–Crippen MR) is 127 cm³/mol. The molecule has 1 aromatic carbocycles. The first-order valence-electron chi connectivity index (χ1n) is 10.1. The third-order valence-electron chi connectivity index (χ3n) is 5.47. The average molecular weight is 491 g/mol. The van der Waals surface area contributed by atoms with Crippen LogP contribution in [0.2, 0.25) is 0 Å². The van der Waals surface area contributed by atoms with E-state index in [1.54, 1.807) is 0 Å². The number of nitrogens with one attached hydrogen (secondary N) is 2. The summed E-state index contributed by atoms with van der Waals surface area (Å²) in [7, 11) is 0. The molecule has 1 saturated heterocycles. The minimum absolute atomic E-state index is 0. The van der Waals surface area contributed by atoms with E-state index in [1.807, 2.05) is 12.3 Å². The Morgan fingerprint density at radius 1 is 1.07 bits per heavy atom. The molecule has 1 saturated carbocycles. The lowest BCUT2D eigenvalue weighted by molar-refractivity contribution is 0.459. The van der Waals surface area contributed by atoms with Crippen molar-refractivity contribution in [2.24, 2.45) is 4.99 Å². The molecule has 2 atom stereocenters. The Bertz CT molecular complexity index is 744. The summed E-state index contributed by atoms with van der Waals surface area (Å²) >= 11 is 0. The summed E-state index contributed by atoms with van der Waals surface area (Å²) in [5, 5.41) is 7.31. The van der Waals surface area contributed by atoms with Gasteiger partial charge in [-0.05, 0) is 43.9 Å². The number of benzene rings is 1. The van der Waals surface area contributed by atoms with E-state index in [-0.39, 0.29) is 24.0 Å². The molecule has 28 heavy (non-hydrogen) atoms. The number of rotatable bonds is 5. The molecule has 1 aliphatic heterocycles. The zero-order chi connectivity index (χ0) is 18.5. The Morgan fingerprint density at radius 2 is 1.82 bits per heavy atom. The van der Waals surface area contributed by atoms with Crippen molar-refractivity contribution in [1.82, 2.24) is 15.6 Å². The fourth-order valence-corrected chi connectivity index (χ4v) is 3.88. The molecule has 2 N–H and O–H groups in total.